The first-order valence-electron chi connectivity index (χ1n) is 9.42. The van der Waals surface area contributed by atoms with Gasteiger partial charge in [0.15, 0.2) is 0 Å². The Morgan fingerprint density at radius 2 is 1.58 bits per heavy atom. The second-order valence-corrected chi connectivity index (χ2v) is 7.18. The first-order valence-corrected chi connectivity index (χ1v) is 10.4. The van der Waals surface area contributed by atoms with Crippen molar-refractivity contribution in [2.45, 2.75) is 19.9 Å². The van der Waals surface area contributed by atoms with Gasteiger partial charge in [0.25, 0.3) is 0 Å². The number of hydrogen-bond acceptors (Lipinski definition) is 8. The van der Waals surface area contributed by atoms with Gasteiger partial charge in [0.2, 0.25) is 11.0 Å². The fourth-order valence-electron chi connectivity index (χ4n) is 2.59. The van der Waals surface area contributed by atoms with Crippen LogP contribution < -0.4 is 14.8 Å². The quantitative estimate of drug-likeness (QED) is 0.464. The Bertz CT molecular complexity index is 960. The van der Waals surface area contributed by atoms with Crippen LogP contribution in [0.5, 0.6) is 11.5 Å². The molecule has 1 amide bonds. The molecular formula is C22H23NO7S. The predicted octanol–water partition coefficient (Wildman–Crippen LogP) is 2.86. The van der Waals surface area contributed by atoms with Crippen LogP contribution in [0.3, 0.4) is 0 Å². The lowest BCUT2D eigenvalue weighted by Gasteiger charge is -2.16. The molecule has 1 atom stereocenters. The molecule has 0 saturated heterocycles. The highest BCUT2D eigenvalue weighted by Gasteiger charge is 2.24. The van der Waals surface area contributed by atoms with Crippen molar-refractivity contribution >= 4 is 34.7 Å². The van der Waals surface area contributed by atoms with Crippen LogP contribution in [0.4, 0.5) is 0 Å². The number of nitrogens with one attached hydrogen (secondary N) is 1. The van der Waals surface area contributed by atoms with Crippen LogP contribution in [0.1, 0.15) is 34.6 Å². The number of esters is 2. The van der Waals surface area contributed by atoms with E-state index in [2.05, 4.69) is 5.32 Å². The lowest BCUT2D eigenvalue weighted by atomic mass is 10.2. The number of thioether (sulfide) groups is 1. The molecule has 0 aliphatic rings. The Morgan fingerprint density at radius 1 is 0.968 bits per heavy atom. The van der Waals surface area contributed by atoms with E-state index in [-0.39, 0.29) is 29.2 Å². The number of para-hydroxylation sites is 2. The van der Waals surface area contributed by atoms with Crippen LogP contribution in [-0.4, -0.2) is 48.5 Å². The maximum absolute atomic E-state index is 12.8. The monoisotopic (exact) mass is 445 g/mol. The Hall–Kier alpha value is -3.33. The minimum absolute atomic E-state index is 0.0357. The van der Waals surface area contributed by atoms with E-state index >= 15 is 0 Å². The van der Waals surface area contributed by atoms with Gasteiger partial charge in [0.1, 0.15) is 23.1 Å². The van der Waals surface area contributed by atoms with Gasteiger partial charge in [-0.05, 0) is 31.2 Å². The van der Waals surface area contributed by atoms with E-state index in [1.807, 2.05) is 0 Å². The van der Waals surface area contributed by atoms with Gasteiger partial charge in [0, 0.05) is 12.7 Å². The zero-order valence-corrected chi connectivity index (χ0v) is 18.2. The molecule has 0 radical (unpaired) electrons. The van der Waals surface area contributed by atoms with Crippen LogP contribution in [0.2, 0.25) is 0 Å². The SMILES string of the molecule is CCOC(=O)C(CSC(=O)c1ccccc1OC(=O)c1ccccc1OC)NC(C)=O. The Labute approximate surface area is 184 Å². The van der Waals surface area contributed by atoms with Gasteiger partial charge in [-0.25, -0.2) is 9.59 Å². The summed E-state index contributed by atoms with van der Waals surface area (Å²) < 4.78 is 15.5. The van der Waals surface area contributed by atoms with Gasteiger partial charge in [-0.3, -0.25) is 9.59 Å². The average molecular weight is 445 g/mol. The lowest BCUT2D eigenvalue weighted by Crippen LogP contribution is -2.42. The number of ether oxygens (including phenoxy) is 3. The van der Waals surface area contributed by atoms with Crippen molar-refractivity contribution in [3.8, 4) is 11.5 Å². The standard InChI is InChI=1S/C22H23NO7S/c1-4-29-21(26)17(23-14(2)24)13-31-22(27)16-10-6-8-12-19(16)30-20(25)15-9-5-7-11-18(15)28-3/h5-12,17H,4,13H2,1-3H3,(H,23,24). The van der Waals surface area contributed by atoms with E-state index in [0.717, 1.165) is 11.8 Å². The molecule has 1 N–H and O–H groups in total. The Kier molecular flexibility index (Phi) is 9.08. The number of methoxy groups -OCH3 is 1. The van der Waals surface area contributed by atoms with Crippen molar-refractivity contribution in [1.29, 1.82) is 0 Å². The normalized spacial score (nSPS) is 11.2. The summed E-state index contributed by atoms with van der Waals surface area (Å²) in [5, 5.41) is 2.04. The third-order valence-corrected chi connectivity index (χ3v) is 4.95. The van der Waals surface area contributed by atoms with Crippen molar-refractivity contribution in [1.82, 2.24) is 5.32 Å². The molecule has 2 aromatic rings. The molecule has 0 aromatic heterocycles. The third kappa shape index (κ3) is 6.85. The molecule has 2 aromatic carbocycles. The van der Waals surface area contributed by atoms with Crippen molar-refractivity contribution in [2.75, 3.05) is 19.5 Å². The molecule has 9 heteroatoms. The molecular weight excluding hydrogens is 422 g/mol. The molecule has 164 valence electrons. The zero-order valence-electron chi connectivity index (χ0n) is 17.4. The second-order valence-electron chi connectivity index (χ2n) is 6.19. The number of hydrogen-bond donors (Lipinski definition) is 1. The molecule has 0 fully saturated rings. The molecule has 0 heterocycles. The summed E-state index contributed by atoms with van der Waals surface area (Å²) in [6, 6.07) is 11.9. The van der Waals surface area contributed by atoms with Crippen molar-refractivity contribution in [3.63, 3.8) is 0 Å². The second kappa shape index (κ2) is 11.8. The van der Waals surface area contributed by atoms with E-state index in [9.17, 15) is 19.2 Å². The first kappa shape index (κ1) is 23.9. The van der Waals surface area contributed by atoms with Gasteiger partial charge in [-0.2, -0.15) is 0 Å². The van der Waals surface area contributed by atoms with E-state index in [0.29, 0.717) is 5.75 Å². The highest BCUT2D eigenvalue weighted by molar-refractivity contribution is 8.14. The van der Waals surface area contributed by atoms with E-state index in [1.165, 1.54) is 26.2 Å². The summed E-state index contributed by atoms with van der Waals surface area (Å²) in [6.07, 6.45) is 0. The molecule has 31 heavy (non-hydrogen) atoms. The molecule has 8 nitrogen and oxygen atoms in total. The van der Waals surface area contributed by atoms with Crippen molar-refractivity contribution in [3.05, 3.63) is 59.7 Å². The smallest absolute Gasteiger partial charge is 0.347 e. The number of rotatable bonds is 9. The molecule has 1 unspecified atom stereocenters. The van der Waals surface area contributed by atoms with Gasteiger partial charge in [0.05, 0.1) is 19.3 Å². The van der Waals surface area contributed by atoms with Crippen LogP contribution in [0.25, 0.3) is 0 Å². The number of carbonyl (C=O) groups excluding carboxylic acids is 4. The number of carbonyl (C=O) groups is 4. The largest absolute Gasteiger partial charge is 0.496 e. The Balaban J connectivity index is 2.14. The van der Waals surface area contributed by atoms with E-state index in [1.54, 1.807) is 43.3 Å². The maximum Gasteiger partial charge on any atom is 0.347 e. The van der Waals surface area contributed by atoms with Crippen LogP contribution in [0.15, 0.2) is 48.5 Å². The number of benzene rings is 2. The summed E-state index contributed by atoms with van der Waals surface area (Å²) in [6.45, 7) is 3.06. The highest BCUT2D eigenvalue weighted by atomic mass is 32.2. The maximum atomic E-state index is 12.8. The lowest BCUT2D eigenvalue weighted by molar-refractivity contribution is -0.146. The van der Waals surface area contributed by atoms with Gasteiger partial charge >= 0.3 is 11.9 Å². The molecule has 0 saturated carbocycles. The fourth-order valence-corrected chi connectivity index (χ4v) is 3.45. The minimum Gasteiger partial charge on any atom is -0.496 e. The van der Waals surface area contributed by atoms with E-state index in [4.69, 9.17) is 14.2 Å². The Morgan fingerprint density at radius 3 is 2.19 bits per heavy atom. The summed E-state index contributed by atoms with van der Waals surface area (Å²) in [7, 11) is 1.44. The topological polar surface area (TPSA) is 108 Å². The molecule has 2 rings (SSSR count). The minimum atomic E-state index is -0.977. The van der Waals surface area contributed by atoms with Crippen molar-refractivity contribution < 1.29 is 33.4 Å². The third-order valence-electron chi connectivity index (χ3n) is 3.97. The summed E-state index contributed by atoms with van der Waals surface area (Å²) >= 11 is 0.808. The summed E-state index contributed by atoms with van der Waals surface area (Å²) in [5.74, 6) is -1.34. The van der Waals surface area contributed by atoms with Crippen LogP contribution >= 0.6 is 11.8 Å². The van der Waals surface area contributed by atoms with Crippen LogP contribution in [0, 0.1) is 0 Å². The van der Waals surface area contributed by atoms with Gasteiger partial charge in [-0.15, -0.1) is 0 Å². The van der Waals surface area contributed by atoms with Gasteiger partial charge < -0.3 is 19.5 Å². The van der Waals surface area contributed by atoms with Gasteiger partial charge in [-0.1, -0.05) is 36.0 Å². The molecule has 0 bridgehead atoms. The number of amides is 1. The summed E-state index contributed by atoms with van der Waals surface area (Å²) in [5.41, 5.74) is 0.370. The fraction of sp³-hybridized carbons (Fsp3) is 0.273. The predicted molar refractivity (Wildman–Crippen MR) is 115 cm³/mol. The molecule has 0 aliphatic carbocycles. The highest BCUT2D eigenvalue weighted by Crippen LogP contribution is 2.26. The van der Waals surface area contributed by atoms with Crippen LogP contribution in [-0.2, 0) is 14.3 Å². The summed E-state index contributed by atoms with van der Waals surface area (Å²) in [4.78, 5) is 48.7. The molecule has 0 aliphatic heterocycles. The zero-order chi connectivity index (χ0) is 22.8. The first-order chi connectivity index (χ1) is 14.9. The van der Waals surface area contributed by atoms with Crippen molar-refractivity contribution in [2.24, 2.45) is 0 Å². The van der Waals surface area contributed by atoms with E-state index < -0.39 is 29.0 Å². The molecule has 0 spiro atoms. The average Bonchev–Trinajstić information content (AvgIpc) is 2.76.